The van der Waals surface area contributed by atoms with E-state index in [0.29, 0.717) is 27.2 Å². The molecule has 1 aromatic heterocycles. The van der Waals surface area contributed by atoms with Gasteiger partial charge in [-0.1, -0.05) is 29.8 Å². The number of rotatable bonds is 5. The number of carbonyl (C=O) groups is 1. The average molecular weight is 375 g/mol. The van der Waals surface area contributed by atoms with Gasteiger partial charge in [0.05, 0.1) is 19.9 Å². The summed E-state index contributed by atoms with van der Waals surface area (Å²) in [5.41, 5.74) is 2.00. The van der Waals surface area contributed by atoms with Crippen molar-refractivity contribution in [3.05, 3.63) is 58.4 Å². The SMILES string of the molecule is COc1ccc(C(=O)Nc2nc(-c3ccccc3Cl)cs2)cc1OC. The third-order valence-electron chi connectivity index (χ3n) is 3.52. The number of hydrogen-bond donors (Lipinski definition) is 1. The first-order valence-electron chi connectivity index (χ1n) is 7.36. The van der Waals surface area contributed by atoms with Gasteiger partial charge in [-0.2, -0.15) is 0 Å². The van der Waals surface area contributed by atoms with Gasteiger partial charge in [0.1, 0.15) is 0 Å². The molecule has 0 saturated heterocycles. The maximum Gasteiger partial charge on any atom is 0.257 e. The second kappa shape index (κ2) is 7.55. The fourth-order valence-corrected chi connectivity index (χ4v) is 3.21. The van der Waals surface area contributed by atoms with E-state index in [1.165, 1.54) is 18.4 Å². The van der Waals surface area contributed by atoms with Crippen molar-refractivity contribution >= 4 is 34.0 Å². The summed E-state index contributed by atoms with van der Waals surface area (Å²) in [4.78, 5) is 16.9. The second-order valence-corrected chi connectivity index (χ2v) is 6.31. The molecule has 0 aliphatic heterocycles. The van der Waals surface area contributed by atoms with E-state index in [1.54, 1.807) is 31.4 Å². The molecule has 25 heavy (non-hydrogen) atoms. The van der Waals surface area contributed by atoms with Crippen LogP contribution >= 0.6 is 22.9 Å². The number of thiazole rings is 1. The fourth-order valence-electron chi connectivity index (χ4n) is 2.27. The van der Waals surface area contributed by atoms with Gasteiger partial charge in [0.15, 0.2) is 16.6 Å². The quantitative estimate of drug-likeness (QED) is 0.701. The van der Waals surface area contributed by atoms with Crippen LogP contribution in [0.5, 0.6) is 11.5 Å². The van der Waals surface area contributed by atoms with E-state index >= 15 is 0 Å². The summed E-state index contributed by atoms with van der Waals surface area (Å²) in [6, 6.07) is 12.4. The third kappa shape index (κ3) is 3.75. The highest BCUT2D eigenvalue weighted by atomic mass is 35.5. The lowest BCUT2D eigenvalue weighted by molar-refractivity contribution is 0.102. The zero-order valence-corrected chi connectivity index (χ0v) is 15.1. The molecule has 1 N–H and O–H groups in total. The molecular formula is C18H15ClN2O3S. The van der Waals surface area contributed by atoms with Crippen LogP contribution < -0.4 is 14.8 Å². The Morgan fingerprint density at radius 2 is 1.88 bits per heavy atom. The lowest BCUT2D eigenvalue weighted by Crippen LogP contribution is -2.12. The average Bonchev–Trinajstić information content (AvgIpc) is 3.09. The number of halogens is 1. The van der Waals surface area contributed by atoms with Gasteiger partial charge in [-0.05, 0) is 24.3 Å². The Balaban J connectivity index is 1.79. The lowest BCUT2D eigenvalue weighted by Gasteiger charge is -2.09. The van der Waals surface area contributed by atoms with Crippen LogP contribution in [0, 0.1) is 0 Å². The Kier molecular flexibility index (Phi) is 5.21. The van der Waals surface area contributed by atoms with Gasteiger partial charge in [0.25, 0.3) is 5.91 Å². The Bertz CT molecular complexity index is 911. The van der Waals surface area contributed by atoms with Crippen molar-refractivity contribution < 1.29 is 14.3 Å². The Labute approximate surface area is 154 Å². The zero-order valence-electron chi connectivity index (χ0n) is 13.6. The predicted molar refractivity (Wildman–Crippen MR) is 100 cm³/mol. The molecule has 3 aromatic rings. The summed E-state index contributed by atoms with van der Waals surface area (Å²) in [6.45, 7) is 0. The predicted octanol–water partition coefficient (Wildman–Crippen LogP) is 4.73. The van der Waals surface area contributed by atoms with Gasteiger partial charge in [-0.25, -0.2) is 4.98 Å². The molecule has 1 heterocycles. The maximum atomic E-state index is 12.4. The second-order valence-electron chi connectivity index (χ2n) is 5.04. The van der Waals surface area contributed by atoms with Crippen LogP contribution in [0.4, 0.5) is 5.13 Å². The van der Waals surface area contributed by atoms with Gasteiger partial charge in [-0.15, -0.1) is 11.3 Å². The monoisotopic (exact) mass is 374 g/mol. The molecule has 1 amide bonds. The first-order chi connectivity index (χ1) is 12.1. The van der Waals surface area contributed by atoms with E-state index < -0.39 is 0 Å². The van der Waals surface area contributed by atoms with E-state index in [1.807, 2.05) is 23.6 Å². The van der Waals surface area contributed by atoms with Crippen LogP contribution in [0.1, 0.15) is 10.4 Å². The molecule has 128 valence electrons. The smallest absolute Gasteiger partial charge is 0.257 e. The molecule has 0 saturated carbocycles. The fraction of sp³-hybridized carbons (Fsp3) is 0.111. The number of carbonyl (C=O) groups excluding carboxylic acids is 1. The first kappa shape index (κ1) is 17.3. The van der Waals surface area contributed by atoms with E-state index in [4.69, 9.17) is 21.1 Å². The van der Waals surface area contributed by atoms with Crippen molar-refractivity contribution in [1.29, 1.82) is 0 Å². The molecule has 0 radical (unpaired) electrons. The molecule has 0 spiro atoms. The highest BCUT2D eigenvalue weighted by Gasteiger charge is 2.14. The Hall–Kier alpha value is -2.57. The number of nitrogens with one attached hydrogen (secondary N) is 1. The minimum Gasteiger partial charge on any atom is -0.493 e. The lowest BCUT2D eigenvalue weighted by atomic mass is 10.2. The summed E-state index contributed by atoms with van der Waals surface area (Å²) in [6.07, 6.45) is 0. The number of nitrogens with zero attached hydrogens (tertiary/aromatic N) is 1. The zero-order chi connectivity index (χ0) is 17.8. The van der Waals surface area contributed by atoms with Crippen LogP contribution in [-0.4, -0.2) is 25.1 Å². The molecule has 3 rings (SSSR count). The third-order valence-corrected chi connectivity index (χ3v) is 4.61. The molecule has 5 nitrogen and oxygen atoms in total. The number of amides is 1. The van der Waals surface area contributed by atoms with E-state index in [9.17, 15) is 4.79 Å². The first-order valence-corrected chi connectivity index (χ1v) is 8.62. The summed E-state index contributed by atoms with van der Waals surface area (Å²) >= 11 is 7.52. The van der Waals surface area contributed by atoms with Crippen molar-refractivity contribution in [2.45, 2.75) is 0 Å². The van der Waals surface area contributed by atoms with E-state index in [-0.39, 0.29) is 5.91 Å². The normalized spacial score (nSPS) is 10.4. The highest BCUT2D eigenvalue weighted by Crippen LogP contribution is 2.31. The highest BCUT2D eigenvalue weighted by molar-refractivity contribution is 7.14. The van der Waals surface area contributed by atoms with Crippen LogP contribution in [-0.2, 0) is 0 Å². The standard InChI is InChI=1S/C18H15ClN2O3S/c1-23-15-8-7-11(9-16(15)24-2)17(22)21-18-20-14(10-25-18)12-5-3-4-6-13(12)19/h3-10H,1-2H3,(H,20,21,22). The largest absolute Gasteiger partial charge is 0.493 e. The number of methoxy groups -OCH3 is 2. The number of benzene rings is 2. The van der Waals surface area contributed by atoms with Crippen LogP contribution in [0.3, 0.4) is 0 Å². The molecule has 0 atom stereocenters. The van der Waals surface area contributed by atoms with E-state index in [2.05, 4.69) is 10.3 Å². The molecule has 0 fully saturated rings. The number of ether oxygens (including phenoxy) is 2. The molecule has 0 aliphatic rings. The Morgan fingerprint density at radius 3 is 2.60 bits per heavy atom. The van der Waals surface area contributed by atoms with Gasteiger partial charge >= 0.3 is 0 Å². The van der Waals surface area contributed by atoms with Gasteiger partial charge in [0, 0.05) is 21.5 Å². The summed E-state index contributed by atoms with van der Waals surface area (Å²) in [5.74, 6) is 0.779. The van der Waals surface area contributed by atoms with Crippen LogP contribution in [0.15, 0.2) is 47.8 Å². The minimum absolute atomic E-state index is 0.277. The van der Waals surface area contributed by atoms with Crippen molar-refractivity contribution in [3.63, 3.8) is 0 Å². The summed E-state index contributed by atoms with van der Waals surface area (Å²) in [7, 11) is 3.07. The van der Waals surface area contributed by atoms with Gasteiger partial charge < -0.3 is 9.47 Å². The summed E-state index contributed by atoms with van der Waals surface area (Å²) in [5, 5.41) is 5.75. The number of hydrogen-bond acceptors (Lipinski definition) is 5. The molecular weight excluding hydrogens is 360 g/mol. The van der Waals surface area contributed by atoms with E-state index in [0.717, 1.165) is 11.3 Å². The maximum absolute atomic E-state index is 12.4. The van der Waals surface area contributed by atoms with Gasteiger partial charge in [-0.3, -0.25) is 10.1 Å². The number of anilines is 1. The van der Waals surface area contributed by atoms with Crippen molar-refractivity contribution in [3.8, 4) is 22.8 Å². The Morgan fingerprint density at radius 1 is 1.12 bits per heavy atom. The molecule has 0 unspecified atom stereocenters. The topological polar surface area (TPSA) is 60.5 Å². The minimum atomic E-state index is -0.277. The van der Waals surface area contributed by atoms with Crippen molar-refractivity contribution in [2.24, 2.45) is 0 Å². The summed E-state index contributed by atoms with van der Waals surface area (Å²) < 4.78 is 10.4. The van der Waals surface area contributed by atoms with Crippen molar-refractivity contribution in [1.82, 2.24) is 4.98 Å². The number of aromatic nitrogens is 1. The van der Waals surface area contributed by atoms with Crippen LogP contribution in [0.2, 0.25) is 5.02 Å². The molecule has 7 heteroatoms. The van der Waals surface area contributed by atoms with Crippen molar-refractivity contribution in [2.75, 3.05) is 19.5 Å². The molecule has 2 aromatic carbocycles. The molecule has 0 aliphatic carbocycles. The van der Waals surface area contributed by atoms with Gasteiger partial charge in [0.2, 0.25) is 0 Å². The van der Waals surface area contributed by atoms with Crippen LogP contribution in [0.25, 0.3) is 11.3 Å². The molecule has 0 bridgehead atoms.